The number of nitrogens with one attached hydrogen (secondary N) is 1. The van der Waals surface area contributed by atoms with Crippen molar-refractivity contribution < 1.29 is 23.9 Å². The van der Waals surface area contributed by atoms with E-state index in [4.69, 9.17) is 9.47 Å². The van der Waals surface area contributed by atoms with Gasteiger partial charge in [0.15, 0.2) is 5.54 Å². The molecule has 1 atom stereocenters. The molecule has 0 saturated carbocycles. The molecule has 6 nitrogen and oxygen atoms in total. The van der Waals surface area contributed by atoms with Gasteiger partial charge in [0.05, 0.1) is 6.61 Å². The average Bonchev–Trinajstić information content (AvgIpc) is 2.46. The van der Waals surface area contributed by atoms with E-state index in [2.05, 4.69) is 5.32 Å². The van der Waals surface area contributed by atoms with Crippen molar-refractivity contribution in [2.45, 2.75) is 26.3 Å². The van der Waals surface area contributed by atoms with Crippen LogP contribution in [0.5, 0.6) is 0 Å². The molecule has 0 saturated heterocycles. The monoisotopic (exact) mass is 293 g/mol. The summed E-state index contributed by atoms with van der Waals surface area (Å²) in [5, 5.41) is 2.56. The van der Waals surface area contributed by atoms with Crippen molar-refractivity contribution in [1.29, 1.82) is 0 Å². The molecule has 114 valence electrons. The molecule has 0 heterocycles. The van der Waals surface area contributed by atoms with Gasteiger partial charge in [0.25, 0.3) is 5.91 Å². The molecule has 0 aliphatic carbocycles. The van der Waals surface area contributed by atoms with Crippen molar-refractivity contribution in [2.24, 2.45) is 0 Å². The van der Waals surface area contributed by atoms with Crippen LogP contribution in [-0.2, 0) is 19.1 Å². The number of rotatable bonds is 6. The third-order valence-electron chi connectivity index (χ3n) is 2.72. The lowest BCUT2D eigenvalue weighted by Crippen LogP contribution is -2.56. The van der Waals surface area contributed by atoms with Crippen LogP contribution in [0.1, 0.15) is 31.1 Å². The Labute approximate surface area is 123 Å². The number of carbonyl (C=O) groups excluding carboxylic acids is 3. The minimum Gasteiger partial charge on any atom is -0.464 e. The highest BCUT2D eigenvalue weighted by Gasteiger charge is 2.38. The lowest BCUT2D eigenvalue weighted by atomic mass is 10.0. The molecule has 0 spiro atoms. The summed E-state index contributed by atoms with van der Waals surface area (Å²) in [5.74, 6) is -1.65. The summed E-state index contributed by atoms with van der Waals surface area (Å²) in [6, 6.07) is 8.44. The highest BCUT2D eigenvalue weighted by molar-refractivity contribution is 5.98. The van der Waals surface area contributed by atoms with E-state index in [1.165, 1.54) is 13.8 Å². The summed E-state index contributed by atoms with van der Waals surface area (Å²) >= 11 is 0. The molecule has 1 amide bonds. The average molecular weight is 293 g/mol. The summed E-state index contributed by atoms with van der Waals surface area (Å²) in [6.45, 7) is 4.21. The first-order chi connectivity index (χ1) is 9.89. The second-order valence-corrected chi connectivity index (χ2v) is 4.65. The zero-order valence-electron chi connectivity index (χ0n) is 12.3. The van der Waals surface area contributed by atoms with E-state index in [0.29, 0.717) is 5.56 Å². The Balaban J connectivity index is 2.88. The van der Waals surface area contributed by atoms with Crippen molar-refractivity contribution in [2.75, 3.05) is 13.2 Å². The lowest BCUT2D eigenvalue weighted by molar-refractivity contribution is -0.156. The molecule has 0 unspecified atom stereocenters. The topological polar surface area (TPSA) is 81.7 Å². The van der Waals surface area contributed by atoms with E-state index < -0.39 is 23.4 Å². The smallest absolute Gasteiger partial charge is 0.335 e. The molecular formula is C15H19NO5. The number of hydrogen-bond acceptors (Lipinski definition) is 5. The van der Waals surface area contributed by atoms with E-state index in [1.54, 1.807) is 37.3 Å². The number of ether oxygens (including phenoxy) is 2. The zero-order valence-corrected chi connectivity index (χ0v) is 12.3. The first-order valence-corrected chi connectivity index (χ1v) is 6.57. The number of amides is 1. The quantitative estimate of drug-likeness (QED) is 0.799. The Kier molecular flexibility index (Phi) is 5.90. The number of hydrogen-bond donors (Lipinski definition) is 1. The van der Waals surface area contributed by atoms with Crippen molar-refractivity contribution in [3.8, 4) is 0 Å². The van der Waals surface area contributed by atoms with Gasteiger partial charge in [-0.15, -0.1) is 0 Å². The maximum atomic E-state index is 12.2. The van der Waals surface area contributed by atoms with Gasteiger partial charge in [-0.3, -0.25) is 9.59 Å². The van der Waals surface area contributed by atoms with Crippen LogP contribution < -0.4 is 5.32 Å². The van der Waals surface area contributed by atoms with E-state index in [-0.39, 0.29) is 13.2 Å². The Morgan fingerprint density at radius 3 is 2.29 bits per heavy atom. The van der Waals surface area contributed by atoms with Crippen LogP contribution in [0, 0.1) is 0 Å². The van der Waals surface area contributed by atoms with Gasteiger partial charge in [0.2, 0.25) is 0 Å². The van der Waals surface area contributed by atoms with E-state index in [0.717, 1.165) is 0 Å². The van der Waals surface area contributed by atoms with Crippen molar-refractivity contribution >= 4 is 17.8 Å². The van der Waals surface area contributed by atoms with Crippen molar-refractivity contribution in [3.05, 3.63) is 35.9 Å². The second-order valence-electron chi connectivity index (χ2n) is 4.65. The van der Waals surface area contributed by atoms with Gasteiger partial charge in [0, 0.05) is 12.5 Å². The van der Waals surface area contributed by atoms with Gasteiger partial charge in [-0.25, -0.2) is 4.79 Å². The standard InChI is InChI=1S/C15H19NO5/c1-4-20-14(19)15(3,10-21-11(2)17)16-13(18)12-8-6-5-7-9-12/h5-9H,4,10H2,1-3H3,(H,16,18)/t15-/m0/s1. The fourth-order valence-electron chi connectivity index (χ4n) is 1.59. The Hall–Kier alpha value is -2.37. The summed E-state index contributed by atoms with van der Waals surface area (Å²) in [5.41, 5.74) is -1.04. The van der Waals surface area contributed by atoms with Crippen LogP contribution in [0.4, 0.5) is 0 Å². The van der Waals surface area contributed by atoms with Crippen LogP contribution in [0.3, 0.4) is 0 Å². The summed E-state index contributed by atoms with van der Waals surface area (Å²) in [6.07, 6.45) is 0. The highest BCUT2D eigenvalue weighted by Crippen LogP contribution is 2.10. The highest BCUT2D eigenvalue weighted by atomic mass is 16.6. The SMILES string of the molecule is CCOC(=O)[C@](C)(COC(C)=O)NC(=O)c1ccccc1. The number of esters is 2. The molecule has 1 aromatic rings. The van der Waals surface area contributed by atoms with E-state index >= 15 is 0 Å². The number of carbonyl (C=O) groups is 3. The normalized spacial score (nSPS) is 12.9. The predicted molar refractivity (Wildman–Crippen MR) is 75.6 cm³/mol. The van der Waals surface area contributed by atoms with Crippen LogP contribution in [0.15, 0.2) is 30.3 Å². The Morgan fingerprint density at radius 1 is 1.14 bits per heavy atom. The van der Waals surface area contributed by atoms with Gasteiger partial charge >= 0.3 is 11.9 Å². The Morgan fingerprint density at radius 2 is 1.76 bits per heavy atom. The summed E-state index contributed by atoms with van der Waals surface area (Å²) in [4.78, 5) is 35.1. The third kappa shape index (κ3) is 4.91. The Bertz CT molecular complexity index is 514. The maximum Gasteiger partial charge on any atom is 0.335 e. The molecule has 0 aromatic heterocycles. The minimum atomic E-state index is -1.44. The van der Waals surface area contributed by atoms with Gasteiger partial charge in [-0.1, -0.05) is 18.2 Å². The third-order valence-corrected chi connectivity index (χ3v) is 2.72. The number of benzene rings is 1. The second kappa shape index (κ2) is 7.42. The molecular weight excluding hydrogens is 274 g/mol. The summed E-state index contributed by atoms with van der Waals surface area (Å²) < 4.78 is 9.79. The molecule has 6 heteroatoms. The van der Waals surface area contributed by atoms with Crippen LogP contribution in [0.2, 0.25) is 0 Å². The van der Waals surface area contributed by atoms with E-state index in [1.807, 2.05) is 0 Å². The lowest BCUT2D eigenvalue weighted by Gasteiger charge is -2.27. The molecule has 0 aliphatic heterocycles. The largest absolute Gasteiger partial charge is 0.464 e. The molecule has 0 radical (unpaired) electrons. The van der Waals surface area contributed by atoms with Gasteiger partial charge < -0.3 is 14.8 Å². The first kappa shape index (κ1) is 16.7. The fraction of sp³-hybridized carbons (Fsp3) is 0.400. The maximum absolute atomic E-state index is 12.2. The molecule has 1 rings (SSSR count). The van der Waals surface area contributed by atoms with E-state index in [9.17, 15) is 14.4 Å². The molecule has 0 bridgehead atoms. The molecule has 1 N–H and O–H groups in total. The molecule has 1 aromatic carbocycles. The van der Waals surface area contributed by atoms with Crippen LogP contribution in [-0.4, -0.2) is 36.6 Å². The van der Waals surface area contributed by atoms with Gasteiger partial charge in [-0.2, -0.15) is 0 Å². The predicted octanol–water partition coefficient (Wildman–Crippen LogP) is 1.30. The van der Waals surface area contributed by atoms with Crippen LogP contribution >= 0.6 is 0 Å². The molecule has 0 aliphatic rings. The summed E-state index contributed by atoms with van der Waals surface area (Å²) in [7, 11) is 0. The van der Waals surface area contributed by atoms with Gasteiger partial charge in [0.1, 0.15) is 6.61 Å². The van der Waals surface area contributed by atoms with Crippen molar-refractivity contribution in [1.82, 2.24) is 5.32 Å². The van der Waals surface area contributed by atoms with Crippen LogP contribution in [0.25, 0.3) is 0 Å². The zero-order chi connectivity index (χ0) is 15.9. The molecule has 0 fully saturated rings. The first-order valence-electron chi connectivity index (χ1n) is 6.57. The fourth-order valence-corrected chi connectivity index (χ4v) is 1.59. The minimum absolute atomic E-state index is 0.162. The molecule has 21 heavy (non-hydrogen) atoms. The van der Waals surface area contributed by atoms with Crippen molar-refractivity contribution in [3.63, 3.8) is 0 Å². The van der Waals surface area contributed by atoms with Gasteiger partial charge in [-0.05, 0) is 26.0 Å².